The maximum Gasteiger partial charge on any atom is 0.0332 e. The summed E-state index contributed by atoms with van der Waals surface area (Å²) >= 11 is 7.02. The summed E-state index contributed by atoms with van der Waals surface area (Å²) in [4.78, 5) is 0. The van der Waals surface area contributed by atoms with Crippen LogP contribution in [0.4, 0.5) is 0 Å². The third-order valence-corrected chi connectivity index (χ3v) is 3.32. The van der Waals surface area contributed by atoms with Gasteiger partial charge in [-0.2, -0.15) is 0 Å². The van der Waals surface area contributed by atoms with E-state index >= 15 is 0 Å². The molecule has 0 saturated carbocycles. The minimum Gasteiger partial charge on any atom is -0.0616 e. The molecule has 0 aliphatic heterocycles. The van der Waals surface area contributed by atoms with Crippen LogP contribution in [0.2, 0.25) is 0 Å². The predicted molar refractivity (Wildman–Crippen MR) is 66.1 cm³/mol. The van der Waals surface area contributed by atoms with Gasteiger partial charge >= 0.3 is 0 Å². The lowest BCUT2D eigenvalue weighted by atomic mass is 10.1. The minimum absolute atomic E-state index is 0.993. The van der Waals surface area contributed by atoms with Gasteiger partial charge in [0.1, 0.15) is 0 Å². The molecule has 2 rings (SSSR count). The first-order chi connectivity index (χ1) is 6.79. The molecular formula is C12H7Br2. The molecule has 0 aromatic heterocycles. The van der Waals surface area contributed by atoms with E-state index in [2.05, 4.69) is 50.1 Å². The van der Waals surface area contributed by atoms with Crippen molar-refractivity contribution in [3.63, 3.8) is 0 Å². The van der Waals surface area contributed by atoms with Gasteiger partial charge in [-0.15, -0.1) is 0 Å². The zero-order chi connectivity index (χ0) is 9.97. The topological polar surface area (TPSA) is 0 Å². The zero-order valence-corrected chi connectivity index (χ0v) is 10.5. The predicted octanol–water partition coefficient (Wildman–Crippen LogP) is 4.68. The molecule has 0 N–H and O–H groups in total. The third kappa shape index (κ3) is 1.91. The molecule has 14 heavy (non-hydrogen) atoms. The summed E-state index contributed by atoms with van der Waals surface area (Å²) in [5, 5.41) is 0. The molecule has 69 valence electrons. The van der Waals surface area contributed by atoms with Gasteiger partial charge in [0, 0.05) is 8.95 Å². The minimum atomic E-state index is 0.993. The molecule has 2 aromatic carbocycles. The summed E-state index contributed by atoms with van der Waals surface area (Å²) in [5.41, 5.74) is 2.33. The Labute approximate surface area is 100 Å². The van der Waals surface area contributed by atoms with Crippen LogP contribution in [0.1, 0.15) is 0 Å². The largest absolute Gasteiger partial charge is 0.0616 e. The van der Waals surface area contributed by atoms with Gasteiger partial charge in [-0.25, -0.2) is 0 Å². The third-order valence-electron chi connectivity index (χ3n) is 1.97. The lowest BCUT2D eigenvalue weighted by Crippen LogP contribution is -1.80. The summed E-state index contributed by atoms with van der Waals surface area (Å²) in [7, 11) is 0. The number of halogens is 2. The van der Waals surface area contributed by atoms with E-state index < -0.39 is 0 Å². The van der Waals surface area contributed by atoms with Crippen molar-refractivity contribution in [2.75, 3.05) is 0 Å². The van der Waals surface area contributed by atoms with Gasteiger partial charge in [0.2, 0.25) is 0 Å². The summed E-state index contributed by atoms with van der Waals surface area (Å²) in [6.45, 7) is 0. The maximum atomic E-state index is 3.53. The molecular weight excluding hydrogens is 304 g/mol. The lowest BCUT2D eigenvalue weighted by molar-refractivity contribution is 1.55. The fourth-order valence-corrected chi connectivity index (χ4v) is 2.28. The highest BCUT2D eigenvalue weighted by atomic mass is 79.9. The van der Waals surface area contributed by atoms with Gasteiger partial charge in [-0.3, -0.25) is 0 Å². The van der Waals surface area contributed by atoms with Gasteiger partial charge in [0.05, 0.1) is 0 Å². The number of benzene rings is 2. The molecule has 1 radical (unpaired) electrons. The number of hydrogen-bond acceptors (Lipinski definition) is 0. The van der Waals surface area contributed by atoms with Crippen LogP contribution in [0.25, 0.3) is 11.1 Å². The van der Waals surface area contributed by atoms with Crippen molar-refractivity contribution in [1.29, 1.82) is 0 Å². The first kappa shape index (κ1) is 9.94. The van der Waals surface area contributed by atoms with Crippen LogP contribution in [0.3, 0.4) is 0 Å². The second kappa shape index (κ2) is 4.28. The van der Waals surface area contributed by atoms with Crippen LogP contribution >= 0.6 is 31.9 Å². The summed E-state index contributed by atoms with van der Waals surface area (Å²) < 4.78 is 2.09. The zero-order valence-electron chi connectivity index (χ0n) is 7.30. The normalized spacial score (nSPS) is 10.1. The number of rotatable bonds is 1. The van der Waals surface area contributed by atoms with Crippen molar-refractivity contribution in [3.8, 4) is 11.1 Å². The Morgan fingerprint density at radius 1 is 0.857 bits per heavy atom. The molecule has 0 unspecified atom stereocenters. The molecule has 0 amide bonds. The molecule has 0 aliphatic carbocycles. The van der Waals surface area contributed by atoms with Crippen molar-refractivity contribution in [3.05, 3.63) is 57.5 Å². The summed E-state index contributed by atoms with van der Waals surface area (Å²) in [5.74, 6) is 0. The standard InChI is InChI=1S/C12H7Br2/c13-11-7-3-1-5-9(11)10-6-2-4-8-12(10)14/h1-7H. The van der Waals surface area contributed by atoms with E-state index in [1.54, 1.807) is 0 Å². The molecule has 0 saturated heterocycles. The average Bonchev–Trinajstić information content (AvgIpc) is 2.20. The fraction of sp³-hybridized carbons (Fsp3) is 0. The molecule has 2 heteroatoms. The SMILES string of the molecule is Brc1[c]cccc1-c1ccccc1Br. The van der Waals surface area contributed by atoms with Crippen LogP contribution in [0.15, 0.2) is 51.4 Å². The Morgan fingerprint density at radius 3 is 2.29 bits per heavy atom. The molecule has 0 fully saturated rings. The van der Waals surface area contributed by atoms with Crippen molar-refractivity contribution < 1.29 is 0 Å². The molecule has 0 spiro atoms. The monoisotopic (exact) mass is 309 g/mol. The highest BCUT2D eigenvalue weighted by molar-refractivity contribution is 9.11. The quantitative estimate of drug-likeness (QED) is 0.717. The van der Waals surface area contributed by atoms with Gasteiger partial charge in [-0.05, 0) is 39.2 Å². The van der Waals surface area contributed by atoms with Crippen LogP contribution in [0, 0.1) is 6.07 Å². The van der Waals surface area contributed by atoms with E-state index in [4.69, 9.17) is 0 Å². The van der Waals surface area contributed by atoms with E-state index in [0.29, 0.717) is 0 Å². The highest BCUT2D eigenvalue weighted by Crippen LogP contribution is 2.32. The molecule has 0 heterocycles. The first-order valence-corrected chi connectivity index (χ1v) is 5.79. The van der Waals surface area contributed by atoms with Crippen molar-refractivity contribution in [2.45, 2.75) is 0 Å². The van der Waals surface area contributed by atoms with Crippen LogP contribution in [-0.4, -0.2) is 0 Å². The van der Waals surface area contributed by atoms with E-state index in [1.807, 2.05) is 30.3 Å². The second-order valence-corrected chi connectivity index (χ2v) is 4.52. The van der Waals surface area contributed by atoms with E-state index in [0.717, 1.165) is 14.5 Å². The molecule has 0 aliphatic rings. The van der Waals surface area contributed by atoms with E-state index in [9.17, 15) is 0 Å². The Balaban J connectivity index is 2.61. The van der Waals surface area contributed by atoms with Crippen molar-refractivity contribution in [2.24, 2.45) is 0 Å². The summed E-state index contributed by atoms with van der Waals surface area (Å²) in [6, 6.07) is 17.2. The van der Waals surface area contributed by atoms with Crippen molar-refractivity contribution >= 4 is 31.9 Å². The van der Waals surface area contributed by atoms with Crippen molar-refractivity contribution in [1.82, 2.24) is 0 Å². The smallest absolute Gasteiger partial charge is 0.0332 e. The Morgan fingerprint density at radius 2 is 1.57 bits per heavy atom. The Bertz CT molecular complexity index is 406. The highest BCUT2D eigenvalue weighted by Gasteiger charge is 2.04. The van der Waals surface area contributed by atoms with Crippen LogP contribution < -0.4 is 0 Å². The van der Waals surface area contributed by atoms with Gasteiger partial charge in [0.15, 0.2) is 0 Å². The fourth-order valence-electron chi connectivity index (χ4n) is 1.30. The maximum absolute atomic E-state index is 3.53. The van der Waals surface area contributed by atoms with Gasteiger partial charge in [0.25, 0.3) is 0 Å². The first-order valence-electron chi connectivity index (χ1n) is 4.20. The van der Waals surface area contributed by atoms with Gasteiger partial charge < -0.3 is 0 Å². The molecule has 0 bridgehead atoms. The lowest BCUT2D eigenvalue weighted by Gasteiger charge is -2.05. The molecule has 2 aromatic rings. The van der Waals surface area contributed by atoms with Gasteiger partial charge in [-0.1, -0.05) is 52.3 Å². The van der Waals surface area contributed by atoms with Crippen LogP contribution in [-0.2, 0) is 0 Å². The average molecular weight is 311 g/mol. The van der Waals surface area contributed by atoms with Crippen LogP contribution in [0.5, 0.6) is 0 Å². The number of hydrogen-bond donors (Lipinski definition) is 0. The Kier molecular flexibility index (Phi) is 3.04. The molecule has 0 nitrogen and oxygen atoms in total. The van der Waals surface area contributed by atoms with E-state index in [-0.39, 0.29) is 0 Å². The molecule has 0 atom stereocenters. The second-order valence-electron chi connectivity index (χ2n) is 2.88. The van der Waals surface area contributed by atoms with E-state index in [1.165, 1.54) is 5.56 Å². The Hall–Kier alpha value is -0.600. The summed E-state index contributed by atoms with van der Waals surface area (Å²) in [6.07, 6.45) is 0.